The number of halogens is 1. The first kappa shape index (κ1) is 18.5. The van der Waals surface area contributed by atoms with Crippen LogP contribution in [0.5, 0.6) is 0 Å². The first-order valence-corrected chi connectivity index (χ1v) is 10.3. The van der Waals surface area contributed by atoms with Crippen molar-refractivity contribution >= 4 is 44.2 Å². The molecule has 2 N–H and O–H groups in total. The molecule has 150 valence electrons. The Kier molecular flexibility index (Phi) is 4.36. The number of aryl methyl sites for hydroxylation is 2. The topological polar surface area (TPSA) is 75.6 Å². The Labute approximate surface area is 175 Å². The molecule has 0 bridgehead atoms. The lowest BCUT2D eigenvalue weighted by atomic mass is 10.1. The number of rotatable bonds is 4. The minimum Gasteiger partial charge on any atom is -0.342 e. The highest BCUT2D eigenvalue weighted by Crippen LogP contribution is 2.28. The summed E-state index contributed by atoms with van der Waals surface area (Å²) in [5, 5.41) is 8.30. The van der Waals surface area contributed by atoms with Crippen LogP contribution >= 0.6 is 11.3 Å². The number of thiophene rings is 1. The molecule has 0 spiro atoms. The number of carbonyl (C=O) groups excluding carboxylic acids is 1. The molecule has 6 nitrogen and oxygen atoms in total. The first-order valence-electron chi connectivity index (χ1n) is 9.44. The fraction of sp³-hybridized carbons (Fsp3) is 0.136. The van der Waals surface area contributed by atoms with Gasteiger partial charge in [0.15, 0.2) is 0 Å². The SMILES string of the molecule is Cc1nn(C)c2sc(C(=O)Nc3ccc4nc(Cc5ccccc5F)[nH]c4c3)cc12. The number of hydrogen-bond acceptors (Lipinski definition) is 4. The van der Waals surface area contributed by atoms with Crippen LogP contribution in [0.2, 0.25) is 0 Å². The molecule has 0 saturated heterocycles. The molecular formula is C22H18FN5OS. The van der Waals surface area contributed by atoms with E-state index in [1.165, 1.54) is 17.4 Å². The van der Waals surface area contributed by atoms with Crippen LogP contribution in [0.1, 0.15) is 26.8 Å². The third kappa shape index (κ3) is 3.25. The average Bonchev–Trinajstić information content (AvgIpc) is 3.39. The van der Waals surface area contributed by atoms with Gasteiger partial charge in [0.1, 0.15) is 16.5 Å². The quantitative estimate of drug-likeness (QED) is 0.439. The largest absolute Gasteiger partial charge is 0.342 e. The number of amides is 1. The van der Waals surface area contributed by atoms with Crippen molar-refractivity contribution in [2.45, 2.75) is 13.3 Å². The normalized spacial score (nSPS) is 11.4. The summed E-state index contributed by atoms with van der Waals surface area (Å²) in [6.45, 7) is 1.93. The lowest BCUT2D eigenvalue weighted by Gasteiger charge is -2.03. The maximum absolute atomic E-state index is 13.9. The summed E-state index contributed by atoms with van der Waals surface area (Å²) < 4.78 is 15.7. The summed E-state index contributed by atoms with van der Waals surface area (Å²) in [6.07, 6.45) is 0.373. The second kappa shape index (κ2) is 7.07. The highest BCUT2D eigenvalue weighted by Gasteiger charge is 2.16. The predicted octanol–water partition coefficient (Wildman–Crippen LogP) is 4.80. The Hall–Kier alpha value is -3.52. The van der Waals surface area contributed by atoms with Crippen LogP contribution in [0.3, 0.4) is 0 Å². The molecule has 0 radical (unpaired) electrons. The van der Waals surface area contributed by atoms with Crippen molar-refractivity contribution in [2.24, 2.45) is 7.05 Å². The summed E-state index contributed by atoms with van der Waals surface area (Å²) >= 11 is 1.42. The Morgan fingerprint density at radius 1 is 1.23 bits per heavy atom. The summed E-state index contributed by atoms with van der Waals surface area (Å²) in [7, 11) is 1.87. The lowest BCUT2D eigenvalue weighted by Crippen LogP contribution is -2.10. The number of aromatic nitrogens is 4. The maximum Gasteiger partial charge on any atom is 0.265 e. The Bertz CT molecular complexity index is 1380. The molecule has 30 heavy (non-hydrogen) atoms. The van der Waals surface area contributed by atoms with Gasteiger partial charge in [-0.25, -0.2) is 9.37 Å². The summed E-state index contributed by atoms with van der Waals surface area (Å²) in [4.78, 5) is 22.1. The van der Waals surface area contributed by atoms with Crippen LogP contribution in [-0.4, -0.2) is 25.7 Å². The summed E-state index contributed by atoms with van der Waals surface area (Å²) in [6, 6.07) is 14.0. The van der Waals surface area contributed by atoms with Crippen molar-refractivity contribution in [1.29, 1.82) is 0 Å². The molecule has 5 rings (SSSR count). The van der Waals surface area contributed by atoms with E-state index in [0.29, 0.717) is 28.4 Å². The van der Waals surface area contributed by atoms with Gasteiger partial charge < -0.3 is 10.3 Å². The van der Waals surface area contributed by atoms with E-state index in [0.717, 1.165) is 26.9 Å². The van der Waals surface area contributed by atoms with E-state index < -0.39 is 0 Å². The van der Waals surface area contributed by atoms with E-state index in [4.69, 9.17) is 0 Å². The van der Waals surface area contributed by atoms with Gasteiger partial charge in [0, 0.05) is 24.5 Å². The van der Waals surface area contributed by atoms with Crippen molar-refractivity contribution in [3.63, 3.8) is 0 Å². The molecule has 3 heterocycles. The molecule has 0 aliphatic rings. The van der Waals surface area contributed by atoms with Gasteiger partial charge in [-0.15, -0.1) is 11.3 Å². The third-order valence-electron chi connectivity index (χ3n) is 5.02. The standard InChI is InChI=1S/C22H18FN5OS/c1-12-15-11-19(30-22(15)28(2)27-12)21(29)24-14-7-8-17-18(10-14)26-20(25-17)9-13-5-3-4-6-16(13)23/h3-8,10-11H,9H2,1-2H3,(H,24,29)(H,25,26). The van der Waals surface area contributed by atoms with E-state index in [1.54, 1.807) is 22.9 Å². The average molecular weight is 419 g/mol. The second-order valence-electron chi connectivity index (χ2n) is 7.18. The highest BCUT2D eigenvalue weighted by molar-refractivity contribution is 7.20. The number of hydrogen-bond donors (Lipinski definition) is 2. The molecule has 8 heteroatoms. The molecule has 0 aliphatic carbocycles. The van der Waals surface area contributed by atoms with Crippen LogP contribution in [0.15, 0.2) is 48.5 Å². The first-order chi connectivity index (χ1) is 14.5. The fourth-order valence-electron chi connectivity index (χ4n) is 3.56. The van der Waals surface area contributed by atoms with Crippen molar-refractivity contribution in [1.82, 2.24) is 19.7 Å². The van der Waals surface area contributed by atoms with Gasteiger partial charge in [-0.05, 0) is 42.8 Å². The van der Waals surface area contributed by atoms with Gasteiger partial charge in [0.25, 0.3) is 5.91 Å². The van der Waals surface area contributed by atoms with Crippen LogP contribution in [0, 0.1) is 12.7 Å². The molecule has 0 fully saturated rings. The maximum atomic E-state index is 13.9. The van der Waals surface area contributed by atoms with E-state index in [2.05, 4.69) is 20.4 Å². The number of carbonyl (C=O) groups is 1. The Balaban J connectivity index is 1.38. The molecule has 1 amide bonds. The van der Waals surface area contributed by atoms with Crippen molar-refractivity contribution < 1.29 is 9.18 Å². The number of imidazole rings is 1. The number of aromatic amines is 1. The third-order valence-corrected chi connectivity index (χ3v) is 6.23. The molecule has 3 aromatic heterocycles. The molecule has 5 aromatic rings. The molecule has 0 atom stereocenters. The van der Waals surface area contributed by atoms with Crippen LogP contribution in [-0.2, 0) is 13.5 Å². The summed E-state index contributed by atoms with van der Waals surface area (Å²) in [5.41, 5.74) is 3.71. The number of nitrogens with one attached hydrogen (secondary N) is 2. The molecule has 0 aliphatic heterocycles. The minimum absolute atomic E-state index is 0.166. The van der Waals surface area contributed by atoms with Gasteiger partial charge in [0.2, 0.25) is 0 Å². The van der Waals surface area contributed by atoms with Crippen LogP contribution < -0.4 is 5.32 Å². The molecular weight excluding hydrogens is 401 g/mol. The molecule has 0 unspecified atom stereocenters. The predicted molar refractivity (Wildman–Crippen MR) is 117 cm³/mol. The monoisotopic (exact) mass is 419 g/mol. The zero-order valence-corrected chi connectivity index (χ0v) is 17.2. The number of nitrogens with zero attached hydrogens (tertiary/aromatic N) is 3. The van der Waals surface area contributed by atoms with E-state index in [1.807, 2.05) is 38.2 Å². The van der Waals surface area contributed by atoms with Gasteiger partial charge in [-0.1, -0.05) is 18.2 Å². The Morgan fingerprint density at radius 2 is 2.07 bits per heavy atom. The van der Waals surface area contributed by atoms with Crippen molar-refractivity contribution in [3.8, 4) is 0 Å². The minimum atomic E-state index is -0.250. The number of benzene rings is 2. The van der Waals surface area contributed by atoms with Gasteiger partial charge in [-0.2, -0.15) is 5.10 Å². The highest BCUT2D eigenvalue weighted by atomic mass is 32.1. The number of fused-ring (bicyclic) bond motifs is 2. The zero-order valence-electron chi connectivity index (χ0n) is 16.4. The van der Waals surface area contributed by atoms with Gasteiger partial charge in [0.05, 0.1) is 21.6 Å². The van der Waals surface area contributed by atoms with E-state index in [-0.39, 0.29) is 11.7 Å². The van der Waals surface area contributed by atoms with Gasteiger partial charge in [-0.3, -0.25) is 9.48 Å². The van der Waals surface area contributed by atoms with Crippen LogP contribution in [0.4, 0.5) is 10.1 Å². The van der Waals surface area contributed by atoms with E-state index >= 15 is 0 Å². The second-order valence-corrected chi connectivity index (χ2v) is 8.21. The Morgan fingerprint density at radius 3 is 2.87 bits per heavy atom. The van der Waals surface area contributed by atoms with Crippen LogP contribution in [0.25, 0.3) is 21.3 Å². The van der Waals surface area contributed by atoms with Crippen molar-refractivity contribution in [3.05, 3.63) is 76.3 Å². The van der Waals surface area contributed by atoms with Gasteiger partial charge >= 0.3 is 0 Å². The van der Waals surface area contributed by atoms with E-state index in [9.17, 15) is 9.18 Å². The molecule has 2 aromatic carbocycles. The van der Waals surface area contributed by atoms with Crippen molar-refractivity contribution in [2.75, 3.05) is 5.32 Å². The fourth-order valence-corrected chi connectivity index (χ4v) is 4.57. The summed E-state index contributed by atoms with van der Waals surface area (Å²) in [5.74, 6) is 0.256. The number of anilines is 1. The number of H-pyrrole nitrogens is 1. The molecule has 0 saturated carbocycles. The smallest absolute Gasteiger partial charge is 0.265 e. The lowest BCUT2D eigenvalue weighted by molar-refractivity contribution is 0.103. The zero-order chi connectivity index (χ0) is 20.8.